The quantitative estimate of drug-likeness (QED) is 0.555. The summed E-state index contributed by atoms with van der Waals surface area (Å²) < 4.78 is 0. The topological polar surface area (TPSA) is 90.5 Å². The van der Waals surface area contributed by atoms with Crippen LogP contribution in [0.25, 0.3) is 0 Å². The van der Waals surface area contributed by atoms with Gasteiger partial charge in [0, 0.05) is 44.2 Å². The normalized spacial score (nSPS) is 17.1. The molecule has 1 aliphatic heterocycles. The lowest BCUT2D eigenvalue weighted by atomic mass is 9.96. The van der Waals surface area contributed by atoms with Crippen LogP contribution in [-0.4, -0.2) is 48.4 Å². The van der Waals surface area contributed by atoms with Crippen molar-refractivity contribution in [3.63, 3.8) is 0 Å². The maximum Gasteiger partial charge on any atom is 0.315 e. The Morgan fingerprint density at radius 2 is 1.68 bits per heavy atom. The minimum Gasteiger partial charge on any atom is -0.352 e. The minimum atomic E-state index is -0.137. The third-order valence-corrected chi connectivity index (χ3v) is 6.11. The van der Waals surface area contributed by atoms with E-state index in [-0.39, 0.29) is 23.9 Å². The van der Waals surface area contributed by atoms with Crippen LogP contribution in [0.15, 0.2) is 24.3 Å². The first kappa shape index (κ1) is 23.1. The van der Waals surface area contributed by atoms with E-state index >= 15 is 0 Å². The van der Waals surface area contributed by atoms with E-state index in [0.717, 1.165) is 44.3 Å². The van der Waals surface area contributed by atoms with E-state index in [1.54, 1.807) is 0 Å². The van der Waals surface area contributed by atoms with Crippen LogP contribution < -0.4 is 16.0 Å². The lowest BCUT2D eigenvalue weighted by molar-refractivity contribution is -0.121. The number of carbonyl (C=O) groups excluding carboxylic acids is 3. The van der Waals surface area contributed by atoms with Gasteiger partial charge in [0.15, 0.2) is 0 Å². The van der Waals surface area contributed by atoms with E-state index in [1.165, 1.54) is 25.7 Å². The van der Waals surface area contributed by atoms with Crippen LogP contribution in [0.1, 0.15) is 80.1 Å². The number of piperidine rings is 1. The number of benzene rings is 1. The van der Waals surface area contributed by atoms with E-state index < -0.39 is 0 Å². The van der Waals surface area contributed by atoms with E-state index in [1.807, 2.05) is 29.2 Å². The molecule has 4 amide bonds. The lowest BCUT2D eigenvalue weighted by Gasteiger charge is -2.26. The molecule has 31 heavy (non-hydrogen) atoms. The number of hydrogen-bond acceptors (Lipinski definition) is 3. The zero-order chi connectivity index (χ0) is 21.9. The molecule has 3 N–H and O–H groups in total. The summed E-state index contributed by atoms with van der Waals surface area (Å²) in [6, 6.07) is 7.65. The van der Waals surface area contributed by atoms with Crippen molar-refractivity contribution in [2.75, 3.05) is 19.6 Å². The summed E-state index contributed by atoms with van der Waals surface area (Å²) in [7, 11) is 0. The molecule has 0 atom stereocenters. The first-order valence-electron chi connectivity index (χ1n) is 11.8. The Morgan fingerprint density at radius 1 is 0.935 bits per heavy atom. The molecule has 3 rings (SSSR count). The van der Waals surface area contributed by atoms with Crippen LogP contribution in [0.2, 0.25) is 0 Å². The Balaban J connectivity index is 1.32. The van der Waals surface area contributed by atoms with Gasteiger partial charge in [0.1, 0.15) is 0 Å². The molecule has 2 aliphatic rings. The summed E-state index contributed by atoms with van der Waals surface area (Å²) in [5.74, 6) is 0.0210. The standard InChI is InChI=1S/C24H36N4O3/c29-22(13-8-14-25-24(31)27-21-11-3-1-4-12-21)26-18-19-9-7-10-20(17-19)23(30)28-15-5-2-6-16-28/h7,9-10,17,21H,1-6,8,11-16,18H2,(H,26,29)(H2,25,27,31). The second-order valence-corrected chi connectivity index (χ2v) is 8.67. The molecule has 1 aliphatic carbocycles. The molecule has 7 nitrogen and oxygen atoms in total. The van der Waals surface area contributed by atoms with Gasteiger partial charge in [-0.25, -0.2) is 4.79 Å². The van der Waals surface area contributed by atoms with Gasteiger partial charge in [0.05, 0.1) is 0 Å². The largest absolute Gasteiger partial charge is 0.352 e. The Bertz CT molecular complexity index is 740. The molecule has 0 radical (unpaired) electrons. The number of nitrogens with one attached hydrogen (secondary N) is 3. The number of nitrogens with zero attached hydrogens (tertiary/aromatic N) is 1. The van der Waals surface area contributed by atoms with Crippen molar-refractivity contribution in [2.45, 2.75) is 76.8 Å². The highest BCUT2D eigenvalue weighted by Gasteiger charge is 2.18. The van der Waals surface area contributed by atoms with Crippen LogP contribution in [0.5, 0.6) is 0 Å². The molecular formula is C24H36N4O3. The molecule has 1 heterocycles. The Kier molecular flexibility index (Phi) is 9.18. The molecule has 1 saturated heterocycles. The maximum absolute atomic E-state index is 12.6. The molecule has 1 aromatic rings. The summed E-state index contributed by atoms with van der Waals surface area (Å²) in [5, 5.41) is 8.75. The molecule has 7 heteroatoms. The lowest BCUT2D eigenvalue weighted by Crippen LogP contribution is -2.43. The van der Waals surface area contributed by atoms with Gasteiger partial charge in [-0.05, 0) is 56.2 Å². The first-order valence-corrected chi connectivity index (χ1v) is 11.8. The van der Waals surface area contributed by atoms with Crippen molar-refractivity contribution >= 4 is 17.8 Å². The zero-order valence-electron chi connectivity index (χ0n) is 18.5. The van der Waals surface area contributed by atoms with Gasteiger partial charge >= 0.3 is 6.03 Å². The molecule has 0 aromatic heterocycles. The van der Waals surface area contributed by atoms with Gasteiger partial charge in [-0.3, -0.25) is 9.59 Å². The number of likely N-dealkylation sites (tertiary alicyclic amines) is 1. The number of hydrogen-bond donors (Lipinski definition) is 3. The zero-order valence-corrected chi connectivity index (χ0v) is 18.5. The summed E-state index contributed by atoms with van der Waals surface area (Å²) in [5.41, 5.74) is 1.60. The summed E-state index contributed by atoms with van der Waals surface area (Å²) in [6.07, 6.45) is 10.0. The van der Waals surface area contributed by atoms with Gasteiger partial charge < -0.3 is 20.9 Å². The van der Waals surface area contributed by atoms with Crippen molar-refractivity contribution in [3.05, 3.63) is 35.4 Å². The molecule has 0 spiro atoms. The van der Waals surface area contributed by atoms with Crippen molar-refractivity contribution in [1.29, 1.82) is 0 Å². The van der Waals surface area contributed by atoms with Crippen molar-refractivity contribution in [3.8, 4) is 0 Å². The predicted octanol–water partition coefficient (Wildman–Crippen LogP) is 3.34. The molecule has 1 aromatic carbocycles. The highest BCUT2D eigenvalue weighted by Crippen LogP contribution is 2.17. The summed E-state index contributed by atoms with van der Waals surface area (Å²) >= 11 is 0. The Morgan fingerprint density at radius 3 is 2.45 bits per heavy atom. The summed E-state index contributed by atoms with van der Waals surface area (Å²) in [4.78, 5) is 38.6. The number of urea groups is 1. The second kappa shape index (κ2) is 12.3. The van der Waals surface area contributed by atoms with Crippen LogP contribution in [0, 0.1) is 0 Å². The van der Waals surface area contributed by atoms with E-state index in [9.17, 15) is 14.4 Å². The molecule has 0 unspecified atom stereocenters. The third-order valence-electron chi connectivity index (χ3n) is 6.11. The minimum absolute atomic E-state index is 0.0535. The Labute approximate surface area is 185 Å². The average Bonchev–Trinajstić information content (AvgIpc) is 2.81. The number of carbonyl (C=O) groups is 3. The highest BCUT2D eigenvalue weighted by atomic mass is 16.2. The molecule has 0 bridgehead atoms. The summed E-state index contributed by atoms with van der Waals surface area (Å²) in [6.45, 7) is 2.53. The molecule has 2 fully saturated rings. The predicted molar refractivity (Wildman–Crippen MR) is 121 cm³/mol. The van der Waals surface area contributed by atoms with Crippen LogP contribution in [-0.2, 0) is 11.3 Å². The molecule has 1 saturated carbocycles. The van der Waals surface area contributed by atoms with Crippen molar-refractivity contribution < 1.29 is 14.4 Å². The third kappa shape index (κ3) is 7.89. The Hall–Kier alpha value is -2.57. The van der Waals surface area contributed by atoms with Crippen molar-refractivity contribution in [1.82, 2.24) is 20.9 Å². The fourth-order valence-electron chi connectivity index (χ4n) is 4.32. The van der Waals surface area contributed by atoms with Gasteiger partial charge in [-0.15, -0.1) is 0 Å². The fraction of sp³-hybridized carbons (Fsp3) is 0.625. The van der Waals surface area contributed by atoms with Crippen LogP contribution in [0.4, 0.5) is 4.79 Å². The van der Waals surface area contributed by atoms with Gasteiger partial charge in [-0.2, -0.15) is 0 Å². The van der Waals surface area contributed by atoms with Crippen molar-refractivity contribution in [2.24, 2.45) is 0 Å². The fourth-order valence-corrected chi connectivity index (χ4v) is 4.32. The monoisotopic (exact) mass is 428 g/mol. The van der Waals surface area contributed by atoms with Crippen LogP contribution in [0.3, 0.4) is 0 Å². The number of rotatable bonds is 8. The second-order valence-electron chi connectivity index (χ2n) is 8.67. The number of amides is 4. The maximum atomic E-state index is 12.6. The molecular weight excluding hydrogens is 392 g/mol. The van der Waals surface area contributed by atoms with Gasteiger partial charge in [0.25, 0.3) is 5.91 Å². The van der Waals surface area contributed by atoms with E-state index in [4.69, 9.17) is 0 Å². The van der Waals surface area contributed by atoms with E-state index in [2.05, 4.69) is 16.0 Å². The van der Waals surface area contributed by atoms with Gasteiger partial charge in [-0.1, -0.05) is 31.4 Å². The van der Waals surface area contributed by atoms with Gasteiger partial charge in [0.2, 0.25) is 5.91 Å². The SMILES string of the molecule is O=C(CCCNC(=O)NC1CCCCC1)NCc1cccc(C(=O)N2CCCCC2)c1. The first-order chi connectivity index (χ1) is 15.1. The average molecular weight is 429 g/mol. The van der Waals surface area contributed by atoms with E-state index in [0.29, 0.717) is 31.5 Å². The highest BCUT2D eigenvalue weighted by molar-refractivity contribution is 5.94. The molecule has 170 valence electrons. The smallest absolute Gasteiger partial charge is 0.315 e. The van der Waals surface area contributed by atoms with Crippen LogP contribution >= 0.6 is 0 Å².